The van der Waals surface area contributed by atoms with Crippen molar-refractivity contribution in [2.75, 3.05) is 19.7 Å². The van der Waals surface area contributed by atoms with Gasteiger partial charge in [0, 0.05) is 25.2 Å². The predicted octanol–water partition coefficient (Wildman–Crippen LogP) is 0.942. The zero-order chi connectivity index (χ0) is 14.8. The minimum absolute atomic E-state index is 0.0351. The molecular weight excluding hydrogens is 254 g/mol. The Morgan fingerprint density at radius 1 is 1.55 bits per heavy atom. The second kappa shape index (κ2) is 5.91. The highest BCUT2D eigenvalue weighted by molar-refractivity contribution is 5.95. The van der Waals surface area contributed by atoms with E-state index in [9.17, 15) is 5.11 Å². The average molecular weight is 277 g/mol. The first kappa shape index (κ1) is 15.0. The molecule has 1 heterocycles. The molecule has 1 aliphatic rings. The number of benzene rings is 1. The maximum atomic E-state index is 9.33. The number of aliphatic hydroxyl groups excluding tert-OH is 1. The molecule has 0 spiro atoms. The van der Waals surface area contributed by atoms with E-state index in [1.165, 1.54) is 0 Å². The van der Waals surface area contributed by atoms with Gasteiger partial charge >= 0.3 is 0 Å². The van der Waals surface area contributed by atoms with Crippen LogP contribution in [-0.4, -0.2) is 47.2 Å². The molecule has 1 aliphatic heterocycles. The fourth-order valence-electron chi connectivity index (χ4n) is 2.73. The van der Waals surface area contributed by atoms with Crippen molar-refractivity contribution < 1.29 is 9.84 Å². The zero-order valence-electron chi connectivity index (χ0n) is 12.1. The summed E-state index contributed by atoms with van der Waals surface area (Å²) < 4.78 is 5.81. The number of hydrogen-bond donors (Lipinski definition) is 3. The summed E-state index contributed by atoms with van der Waals surface area (Å²) in [4.78, 5) is 2.27. The molecule has 110 valence electrons. The van der Waals surface area contributed by atoms with E-state index in [2.05, 4.69) is 4.90 Å². The summed E-state index contributed by atoms with van der Waals surface area (Å²) in [7, 11) is 0. The lowest BCUT2D eigenvalue weighted by Crippen LogP contribution is -2.53. The molecule has 5 nitrogen and oxygen atoms in total. The minimum atomic E-state index is -0.260. The number of aliphatic hydroxyl groups is 1. The average Bonchev–Trinajstić information content (AvgIpc) is 2.37. The van der Waals surface area contributed by atoms with Crippen molar-refractivity contribution in [2.24, 2.45) is 5.73 Å². The van der Waals surface area contributed by atoms with Gasteiger partial charge < -0.3 is 15.6 Å². The SMILES string of the molecule is CC1(C)CN(Cc2cccc(C(=N)N)c2)CC(CO)O1. The summed E-state index contributed by atoms with van der Waals surface area (Å²) in [5.41, 5.74) is 7.12. The van der Waals surface area contributed by atoms with E-state index in [4.69, 9.17) is 15.9 Å². The molecular formula is C15H23N3O2. The van der Waals surface area contributed by atoms with Crippen molar-refractivity contribution >= 4 is 5.84 Å². The molecule has 4 N–H and O–H groups in total. The molecule has 1 atom stereocenters. The largest absolute Gasteiger partial charge is 0.394 e. The Morgan fingerprint density at radius 2 is 2.30 bits per heavy atom. The maximum Gasteiger partial charge on any atom is 0.122 e. The number of hydrogen-bond acceptors (Lipinski definition) is 4. The molecule has 0 bridgehead atoms. The number of ether oxygens (including phenoxy) is 1. The molecule has 1 aromatic carbocycles. The van der Waals surface area contributed by atoms with E-state index in [0.717, 1.165) is 24.2 Å². The van der Waals surface area contributed by atoms with Gasteiger partial charge in [0.25, 0.3) is 0 Å². The summed E-state index contributed by atoms with van der Waals surface area (Å²) in [5.74, 6) is 0.0855. The lowest BCUT2D eigenvalue weighted by molar-refractivity contribution is -0.150. The third-order valence-corrected chi connectivity index (χ3v) is 3.40. The molecule has 20 heavy (non-hydrogen) atoms. The van der Waals surface area contributed by atoms with Crippen LogP contribution in [0.4, 0.5) is 0 Å². The van der Waals surface area contributed by atoms with Crippen LogP contribution >= 0.6 is 0 Å². The second-order valence-electron chi connectivity index (χ2n) is 5.97. The third-order valence-electron chi connectivity index (χ3n) is 3.40. The van der Waals surface area contributed by atoms with Gasteiger partial charge in [-0.25, -0.2) is 0 Å². The molecule has 1 aromatic rings. The van der Waals surface area contributed by atoms with Crippen LogP contribution in [0.25, 0.3) is 0 Å². The Balaban J connectivity index is 2.09. The molecule has 5 heteroatoms. The maximum absolute atomic E-state index is 9.33. The van der Waals surface area contributed by atoms with Crippen molar-refractivity contribution in [1.29, 1.82) is 5.41 Å². The number of nitrogens with one attached hydrogen (secondary N) is 1. The molecule has 1 fully saturated rings. The smallest absolute Gasteiger partial charge is 0.122 e. The van der Waals surface area contributed by atoms with Crippen LogP contribution in [0.5, 0.6) is 0 Å². The molecule has 0 aromatic heterocycles. The van der Waals surface area contributed by atoms with Gasteiger partial charge in [-0.2, -0.15) is 0 Å². The normalized spacial score (nSPS) is 22.6. The van der Waals surface area contributed by atoms with Crippen LogP contribution in [0.1, 0.15) is 25.0 Å². The van der Waals surface area contributed by atoms with Gasteiger partial charge in [0.1, 0.15) is 5.84 Å². The van der Waals surface area contributed by atoms with E-state index in [-0.39, 0.29) is 24.1 Å². The van der Waals surface area contributed by atoms with Gasteiger partial charge in [-0.15, -0.1) is 0 Å². The molecule has 0 amide bonds. The van der Waals surface area contributed by atoms with Crippen LogP contribution in [-0.2, 0) is 11.3 Å². The zero-order valence-corrected chi connectivity index (χ0v) is 12.1. The first-order valence-electron chi connectivity index (χ1n) is 6.84. The summed E-state index contributed by atoms with van der Waals surface area (Å²) in [6, 6.07) is 7.73. The van der Waals surface area contributed by atoms with Crippen LogP contribution in [0, 0.1) is 5.41 Å². The van der Waals surface area contributed by atoms with E-state index >= 15 is 0 Å². The van der Waals surface area contributed by atoms with Gasteiger partial charge in [0.15, 0.2) is 0 Å². The van der Waals surface area contributed by atoms with Crippen molar-refractivity contribution in [2.45, 2.75) is 32.1 Å². The number of amidine groups is 1. The molecule has 0 saturated carbocycles. The summed E-state index contributed by atoms with van der Waals surface area (Å²) in [5, 5.41) is 16.8. The van der Waals surface area contributed by atoms with E-state index in [1.54, 1.807) is 0 Å². The number of nitrogens with zero attached hydrogens (tertiary/aromatic N) is 1. The van der Waals surface area contributed by atoms with Crippen molar-refractivity contribution in [1.82, 2.24) is 4.90 Å². The first-order valence-corrected chi connectivity index (χ1v) is 6.84. The Hall–Kier alpha value is -1.43. The standard InChI is InChI=1S/C15H23N3O2/c1-15(2)10-18(8-13(9-19)20-15)7-11-4-3-5-12(6-11)14(16)17/h3-6,13,19H,7-10H2,1-2H3,(H3,16,17). The topological polar surface area (TPSA) is 82.6 Å². The fraction of sp³-hybridized carbons (Fsp3) is 0.533. The highest BCUT2D eigenvalue weighted by atomic mass is 16.5. The lowest BCUT2D eigenvalue weighted by atomic mass is 10.0. The molecule has 0 aliphatic carbocycles. The Labute approximate surface area is 119 Å². The van der Waals surface area contributed by atoms with E-state index < -0.39 is 0 Å². The van der Waals surface area contributed by atoms with E-state index in [0.29, 0.717) is 6.54 Å². The minimum Gasteiger partial charge on any atom is -0.394 e. The second-order valence-corrected chi connectivity index (χ2v) is 5.97. The molecule has 2 rings (SSSR count). The molecule has 1 unspecified atom stereocenters. The van der Waals surface area contributed by atoms with Crippen LogP contribution in [0.3, 0.4) is 0 Å². The number of nitrogens with two attached hydrogens (primary N) is 1. The lowest BCUT2D eigenvalue weighted by Gasteiger charge is -2.42. The molecule has 1 saturated heterocycles. The Morgan fingerprint density at radius 3 is 2.95 bits per heavy atom. The van der Waals surface area contributed by atoms with Gasteiger partial charge in [0.2, 0.25) is 0 Å². The van der Waals surface area contributed by atoms with Gasteiger partial charge in [-0.1, -0.05) is 18.2 Å². The summed E-state index contributed by atoms with van der Waals surface area (Å²) in [6.07, 6.45) is -0.144. The Kier molecular flexibility index (Phi) is 4.42. The van der Waals surface area contributed by atoms with E-state index in [1.807, 2.05) is 38.1 Å². The van der Waals surface area contributed by atoms with Crippen molar-refractivity contribution in [3.63, 3.8) is 0 Å². The monoisotopic (exact) mass is 277 g/mol. The highest BCUT2D eigenvalue weighted by Crippen LogP contribution is 2.22. The molecule has 0 radical (unpaired) electrons. The first-order chi connectivity index (χ1) is 9.39. The highest BCUT2D eigenvalue weighted by Gasteiger charge is 2.32. The van der Waals surface area contributed by atoms with Crippen molar-refractivity contribution in [3.8, 4) is 0 Å². The number of morpholine rings is 1. The number of rotatable bonds is 4. The summed E-state index contributed by atoms with van der Waals surface area (Å²) >= 11 is 0. The van der Waals surface area contributed by atoms with Gasteiger partial charge in [-0.3, -0.25) is 10.3 Å². The van der Waals surface area contributed by atoms with Crippen LogP contribution in [0.15, 0.2) is 24.3 Å². The van der Waals surface area contributed by atoms with Gasteiger partial charge in [-0.05, 0) is 25.5 Å². The fourth-order valence-corrected chi connectivity index (χ4v) is 2.73. The Bertz CT molecular complexity index is 488. The quantitative estimate of drug-likeness (QED) is 0.565. The van der Waals surface area contributed by atoms with Crippen molar-refractivity contribution in [3.05, 3.63) is 35.4 Å². The third kappa shape index (κ3) is 3.79. The number of nitrogen functional groups attached to an aromatic ring is 1. The van der Waals surface area contributed by atoms with Crippen LogP contribution in [0.2, 0.25) is 0 Å². The predicted molar refractivity (Wildman–Crippen MR) is 78.8 cm³/mol. The summed E-state index contributed by atoms with van der Waals surface area (Å²) in [6.45, 7) is 6.40. The van der Waals surface area contributed by atoms with Crippen LogP contribution < -0.4 is 5.73 Å². The van der Waals surface area contributed by atoms with Gasteiger partial charge in [0.05, 0.1) is 18.3 Å².